The quantitative estimate of drug-likeness (QED) is 0.289. The molecule has 1 aliphatic rings. The van der Waals surface area contributed by atoms with Crippen molar-refractivity contribution in [3.63, 3.8) is 0 Å². The number of rotatable bonds is 1. The van der Waals surface area contributed by atoms with Crippen LogP contribution in [0.2, 0.25) is 0 Å². The third-order valence-corrected chi connectivity index (χ3v) is 2.25. The number of nitrogens with one attached hydrogen (secondary N) is 1. The number of carbonyl (C=O) groups is 2. The molecule has 1 heterocycles. The Bertz CT molecular complexity index is 211. The van der Waals surface area contributed by atoms with E-state index in [2.05, 4.69) is 0 Å². The number of hydrogen-bond acceptors (Lipinski definition) is 3. The smallest absolute Gasteiger partial charge is 0.331 e. The molecule has 13 heavy (non-hydrogen) atoms. The number of likely N-dealkylation sites (tertiary alicyclic amines) is 1. The molecule has 0 aromatic rings. The molecule has 2 amide bonds. The third-order valence-electron chi connectivity index (χ3n) is 2.25. The second kappa shape index (κ2) is 4.08. The summed E-state index contributed by atoms with van der Waals surface area (Å²) in [6, 6.07) is -0.344. The van der Waals surface area contributed by atoms with Crippen molar-refractivity contribution in [2.45, 2.75) is 12.8 Å². The molecule has 0 aromatic heterocycles. The molecule has 0 unspecified atom stereocenters. The van der Waals surface area contributed by atoms with Crippen molar-refractivity contribution >= 4 is 12.0 Å². The first kappa shape index (κ1) is 9.79. The number of hydrogen-bond donors (Lipinski definition) is 3. The maximum atomic E-state index is 11.0. The van der Waals surface area contributed by atoms with Gasteiger partial charge in [0.1, 0.15) is 0 Å². The number of aliphatic carboxylic acids is 1. The fourth-order valence-electron chi connectivity index (χ4n) is 1.42. The summed E-state index contributed by atoms with van der Waals surface area (Å²) in [5, 5.41) is 8.68. The van der Waals surface area contributed by atoms with Crippen LogP contribution >= 0.6 is 0 Å². The number of amides is 2. The van der Waals surface area contributed by atoms with Gasteiger partial charge in [0.2, 0.25) is 0 Å². The van der Waals surface area contributed by atoms with Gasteiger partial charge in [-0.05, 0) is 12.8 Å². The Morgan fingerprint density at radius 3 is 2.31 bits per heavy atom. The van der Waals surface area contributed by atoms with Crippen molar-refractivity contribution in [2.24, 2.45) is 11.8 Å². The zero-order valence-electron chi connectivity index (χ0n) is 7.19. The predicted octanol–water partition coefficient (Wildman–Crippen LogP) is -0.634. The topological polar surface area (TPSA) is 95.7 Å². The van der Waals surface area contributed by atoms with Gasteiger partial charge < -0.3 is 10.0 Å². The van der Waals surface area contributed by atoms with Crippen LogP contribution in [0.1, 0.15) is 12.8 Å². The molecule has 74 valence electrons. The van der Waals surface area contributed by atoms with Crippen LogP contribution < -0.4 is 11.3 Å². The normalized spacial score (nSPS) is 18.4. The average molecular weight is 187 g/mol. The van der Waals surface area contributed by atoms with Crippen LogP contribution in [0.3, 0.4) is 0 Å². The van der Waals surface area contributed by atoms with E-state index in [4.69, 9.17) is 10.9 Å². The SMILES string of the molecule is NNC(=O)N1CCC(C(=O)O)CC1. The lowest BCUT2D eigenvalue weighted by Gasteiger charge is -2.29. The number of urea groups is 1. The van der Waals surface area contributed by atoms with Gasteiger partial charge in [-0.3, -0.25) is 10.2 Å². The number of hydrazine groups is 1. The first-order valence-corrected chi connectivity index (χ1v) is 4.13. The summed E-state index contributed by atoms with van der Waals surface area (Å²) in [6.45, 7) is 0.917. The first-order valence-electron chi connectivity index (χ1n) is 4.13. The lowest BCUT2D eigenvalue weighted by molar-refractivity contribution is -0.143. The van der Waals surface area contributed by atoms with E-state index in [1.165, 1.54) is 4.90 Å². The molecule has 0 atom stereocenters. The first-order chi connectivity index (χ1) is 6.15. The van der Waals surface area contributed by atoms with Gasteiger partial charge in [-0.2, -0.15) is 0 Å². The summed E-state index contributed by atoms with van der Waals surface area (Å²) in [4.78, 5) is 23.1. The number of carboxylic acids is 1. The van der Waals surface area contributed by atoms with Crippen LogP contribution in [0.4, 0.5) is 4.79 Å². The Morgan fingerprint density at radius 1 is 1.38 bits per heavy atom. The van der Waals surface area contributed by atoms with E-state index in [1.807, 2.05) is 5.43 Å². The molecule has 6 nitrogen and oxygen atoms in total. The van der Waals surface area contributed by atoms with Crippen molar-refractivity contribution < 1.29 is 14.7 Å². The van der Waals surface area contributed by atoms with Crippen LogP contribution in [-0.2, 0) is 4.79 Å². The van der Waals surface area contributed by atoms with Gasteiger partial charge in [0.25, 0.3) is 0 Å². The van der Waals surface area contributed by atoms with Gasteiger partial charge in [0, 0.05) is 13.1 Å². The summed E-state index contributed by atoms with van der Waals surface area (Å²) < 4.78 is 0. The number of nitrogens with two attached hydrogens (primary N) is 1. The Hall–Kier alpha value is -1.30. The monoisotopic (exact) mass is 187 g/mol. The van der Waals surface area contributed by atoms with Crippen LogP contribution in [0.25, 0.3) is 0 Å². The molecular weight excluding hydrogens is 174 g/mol. The van der Waals surface area contributed by atoms with E-state index in [0.717, 1.165) is 0 Å². The molecule has 0 saturated carbocycles. The molecule has 1 fully saturated rings. The van der Waals surface area contributed by atoms with Gasteiger partial charge in [-0.1, -0.05) is 0 Å². The molecular formula is C7H13N3O3. The molecule has 1 rings (SSSR count). The molecule has 0 bridgehead atoms. The van der Waals surface area contributed by atoms with Crippen LogP contribution in [0, 0.1) is 5.92 Å². The Morgan fingerprint density at radius 2 is 1.92 bits per heavy atom. The average Bonchev–Trinajstić information content (AvgIpc) is 2.17. The zero-order valence-corrected chi connectivity index (χ0v) is 7.19. The van der Waals surface area contributed by atoms with E-state index in [-0.39, 0.29) is 11.9 Å². The summed E-state index contributed by atoms with van der Waals surface area (Å²) in [5.41, 5.74) is 2.02. The van der Waals surface area contributed by atoms with Crippen molar-refractivity contribution in [3.05, 3.63) is 0 Å². The van der Waals surface area contributed by atoms with E-state index >= 15 is 0 Å². The molecule has 1 aliphatic heterocycles. The largest absolute Gasteiger partial charge is 0.481 e. The zero-order chi connectivity index (χ0) is 9.84. The number of carboxylic acid groups (broad SMARTS) is 1. The van der Waals surface area contributed by atoms with Gasteiger partial charge in [0.05, 0.1) is 5.92 Å². The summed E-state index contributed by atoms with van der Waals surface area (Å²) in [6.07, 6.45) is 1.01. The summed E-state index contributed by atoms with van der Waals surface area (Å²) in [7, 11) is 0. The maximum Gasteiger partial charge on any atom is 0.331 e. The summed E-state index contributed by atoms with van der Waals surface area (Å²) >= 11 is 0. The second-order valence-corrected chi connectivity index (χ2v) is 3.05. The standard InChI is InChI=1S/C7H13N3O3/c8-9-7(13)10-3-1-5(2-4-10)6(11)12/h5H,1-4,8H2,(H,9,13)(H,11,12). The summed E-state index contributed by atoms with van der Waals surface area (Å²) in [5.74, 6) is 3.84. The molecule has 6 heteroatoms. The van der Waals surface area contributed by atoms with Crippen LogP contribution in [0.5, 0.6) is 0 Å². The van der Waals surface area contributed by atoms with Crippen molar-refractivity contribution in [2.75, 3.05) is 13.1 Å². The molecule has 0 radical (unpaired) electrons. The predicted molar refractivity (Wildman–Crippen MR) is 44.7 cm³/mol. The minimum Gasteiger partial charge on any atom is -0.481 e. The third kappa shape index (κ3) is 2.32. The fraction of sp³-hybridized carbons (Fsp3) is 0.714. The lowest BCUT2D eigenvalue weighted by Crippen LogP contribution is -2.47. The van der Waals surface area contributed by atoms with Crippen LogP contribution in [0.15, 0.2) is 0 Å². The number of carbonyl (C=O) groups excluding carboxylic acids is 1. The van der Waals surface area contributed by atoms with Crippen molar-refractivity contribution in [3.8, 4) is 0 Å². The van der Waals surface area contributed by atoms with Crippen molar-refractivity contribution in [1.82, 2.24) is 10.3 Å². The lowest BCUT2D eigenvalue weighted by atomic mass is 9.97. The maximum absolute atomic E-state index is 11.0. The van der Waals surface area contributed by atoms with E-state index in [1.54, 1.807) is 0 Å². The van der Waals surface area contributed by atoms with Gasteiger partial charge >= 0.3 is 12.0 Å². The highest BCUT2D eigenvalue weighted by molar-refractivity contribution is 5.74. The molecule has 1 saturated heterocycles. The van der Waals surface area contributed by atoms with E-state index < -0.39 is 5.97 Å². The van der Waals surface area contributed by atoms with E-state index in [0.29, 0.717) is 25.9 Å². The van der Waals surface area contributed by atoms with E-state index in [9.17, 15) is 9.59 Å². The molecule has 4 N–H and O–H groups in total. The highest BCUT2D eigenvalue weighted by Crippen LogP contribution is 2.16. The highest BCUT2D eigenvalue weighted by atomic mass is 16.4. The fourth-order valence-corrected chi connectivity index (χ4v) is 1.42. The van der Waals surface area contributed by atoms with Gasteiger partial charge in [-0.25, -0.2) is 10.6 Å². The molecule has 0 spiro atoms. The number of piperidine rings is 1. The van der Waals surface area contributed by atoms with Gasteiger partial charge in [-0.15, -0.1) is 0 Å². The Labute approximate surface area is 75.7 Å². The minimum atomic E-state index is -0.784. The van der Waals surface area contributed by atoms with Gasteiger partial charge in [0.15, 0.2) is 0 Å². The molecule has 0 aliphatic carbocycles. The second-order valence-electron chi connectivity index (χ2n) is 3.05. The Balaban J connectivity index is 2.39. The highest BCUT2D eigenvalue weighted by Gasteiger charge is 2.26. The number of nitrogens with zero attached hydrogens (tertiary/aromatic N) is 1. The van der Waals surface area contributed by atoms with Crippen molar-refractivity contribution in [1.29, 1.82) is 0 Å². The van der Waals surface area contributed by atoms with Crippen LogP contribution in [-0.4, -0.2) is 35.1 Å². The Kier molecular flexibility index (Phi) is 3.07. The minimum absolute atomic E-state index is 0.318. The molecule has 0 aromatic carbocycles.